The lowest BCUT2D eigenvalue weighted by atomic mass is 9.98. The number of benzene rings is 1. The van der Waals surface area contributed by atoms with Crippen molar-refractivity contribution in [3.8, 4) is 0 Å². The van der Waals surface area contributed by atoms with Gasteiger partial charge in [-0.1, -0.05) is 12.1 Å². The van der Waals surface area contributed by atoms with E-state index in [1.165, 1.54) is 12.0 Å². The molecule has 0 saturated carbocycles. The van der Waals surface area contributed by atoms with Crippen LogP contribution in [0.25, 0.3) is 0 Å². The van der Waals surface area contributed by atoms with Gasteiger partial charge in [-0.3, -0.25) is 0 Å². The van der Waals surface area contributed by atoms with Gasteiger partial charge in [-0.05, 0) is 36.6 Å². The fourth-order valence-electron chi connectivity index (χ4n) is 1.75. The van der Waals surface area contributed by atoms with E-state index in [1.54, 1.807) is 0 Å². The van der Waals surface area contributed by atoms with Crippen LogP contribution in [0.3, 0.4) is 0 Å². The van der Waals surface area contributed by atoms with Gasteiger partial charge >= 0.3 is 0 Å². The standard InChI is InChI=1S/C10H14N2.ClH/c11-10-3-1-2-8(6-10)9-4-5-12-7-9;/h1-3,6,9,12H,4-5,7,11H2;1H. The van der Waals surface area contributed by atoms with Crippen LogP contribution >= 0.6 is 12.4 Å². The molecule has 72 valence electrons. The molecular weight excluding hydrogens is 184 g/mol. The lowest BCUT2D eigenvalue weighted by molar-refractivity contribution is 0.764. The molecule has 1 aromatic carbocycles. The van der Waals surface area contributed by atoms with Crippen LogP contribution in [0.1, 0.15) is 17.9 Å². The van der Waals surface area contributed by atoms with Crippen molar-refractivity contribution in [2.45, 2.75) is 12.3 Å². The summed E-state index contributed by atoms with van der Waals surface area (Å²) in [4.78, 5) is 0. The van der Waals surface area contributed by atoms with Crippen LogP contribution < -0.4 is 11.1 Å². The molecule has 3 heteroatoms. The summed E-state index contributed by atoms with van der Waals surface area (Å²) in [6.45, 7) is 2.24. The van der Waals surface area contributed by atoms with Crippen molar-refractivity contribution >= 4 is 18.1 Å². The molecule has 1 aliphatic heterocycles. The van der Waals surface area contributed by atoms with Crippen LogP contribution in [0, 0.1) is 0 Å². The molecule has 0 amide bonds. The molecule has 1 saturated heterocycles. The third-order valence-corrected chi connectivity index (χ3v) is 2.44. The predicted molar refractivity (Wildman–Crippen MR) is 58.3 cm³/mol. The fraction of sp³-hybridized carbons (Fsp3) is 0.400. The van der Waals surface area contributed by atoms with Gasteiger partial charge in [-0.25, -0.2) is 0 Å². The molecule has 0 aromatic heterocycles. The fourth-order valence-corrected chi connectivity index (χ4v) is 1.75. The van der Waals surface area contributed by atoms with Gasteiger partial charge in [-0.15, -0.1) is 12.4 Å². The van der Waals surface area contributed by atoms with Crippen molar-refractivity contribution in [1.29, 1.82) is 0 Å². The summed E-state index contributed by atoms with van der Waals surface area (Å²) in [5.41, 5.74) is 7.96. The number of hydrogen-bond donors (Lipinski definition) is 2. The van der Waals surface area contributed by atoms with E-state index in [4.69, 9.17) is 5.73 Å². The Labute approximate surface area is 84.9 Å². The Balaban J connectivity index is 0.000000845. The molecule has 13 heavy (non-hydrogen) atoms. The first-order chi connectivity index (χ1) is 5.86. The molecule has 0 spiro atoms. The summed E-state index contributed by atoms with van der Waals surface area (Å²) >= 11 is 0. The topological polar surface area (TPSA) is 38.0 Å². The Morgan fingerprint density at radius 1 is 1.38 bits per heavy atom. The second kappa shape index (κ2) is 4.49. The molecular formula is C10H15ClN2. The van der Waals surface area contributed by atoms with Gasteiger partial charge < -0.3 is 11.1 Å². The Bertz CT molecular complexity index is 269. The van der Waals surface area contributed by atoms with E-state index in [-0.39, 0.29) is 12.4 Å². The van der Waals surface area contributed by atoms with E-state index < -0.39 is 0 Å². The summed E-state index contributed by atoms with van der Waals surface area (Å²) in [7, 11) is 0. The lowest BCUT2D eigenvalue weighted by Crippen LogP contribution is -2.07. The molecule has 1 aromatic rings. The molecule has 3 N–H and O–H groups in total. The highest BCUT2D eigenvalue weighted by atomic mass is 35.5. The van der Waals surface area contributed by atoms with E-state index in [9.17, 15) is 0 Å². The lowest BCUT2D eigenvalue weighted by Gasteiger charge is -2.08. The average Bonchev–Trinajstić information content (AvgIpc) is 2.56. The minimum absolute atomic E-state index is 0. The molecule has 1 aliphatic rings. The quantitative estimate of drug-likeness (QED) is 0.675. The Morgan fingerprint density at radius 2 is 2.23 bits per heavy atom. The van der Waals surface area contributed by atoms with Crippen LogP contribution in [0.4, 0.5) is 5.69 Å². The predicted octanol–water partition coefficient (Wildman–Crippen LogP) is 1.77. The van der Waals surface area contributed by atoms with Crippen molar-refractivity contribution in [2.24, 2.45) is 0 Å². The third-order valence-electron chi connectivity index (χ3n) is 2.44. The zero-order valence-corrected chi connectivity index (χ0v) is 8.31. The van der Waals surface area contributed by atoms with E-state index in [0.29, 0.717) is 5.92 Å². The Kier molecular flexibility index (Phi) is 3.58. The number of hydrogen-bond acceptors (Lipinski definition) is 2. The Hall–Kier alpha value is -0.730. The van der Waals surface area contributed by atoms with E-state index in [1.807, 2.05) is 12.1 Å². The van der Waals surface area contributed by atoms with Gasteiger partial charge in [0.15, 0.2) is 0 Å². The highest BCUT2D eigenvalue weighted by Crippen LogP contribution is 2.23. The van der Waals surface area contributed by atoms with E-state index >= 15 is 0 Å². The van der Waals surface area contributed by atoms with Crippen molar-refractivity contribution in [2.75, 3.05) is 18.8 Å². The number of nitrogen functional groups attached to an aromatic ring is 1. The normalized spacial score (nSPS) is 21.1. The molecule has 1 fully saturated rings. The Morgan fingerprint density at radius 3 is 2.85 bits per heavy atom. The SMILES string of the molecule is Cl.Nc1cccc(C2CCNC2)c1. The molecule has 2 rings (SSSR count). The highest BCUT2D eigenvalue weighted by Gasteiger charge is 2.15. The number of nitrogens with two attached hydrogens (primary N) is 1. The number of rotatable bonds is 1. The van der Waals surface area contributed by atoms with E-state index in [0.717, 1.165) is 18.8 Å². The number of nitrogens with one attached hydrogen (secondary N) is 1. The van der Waals surface area contributed by atoms with Crippen LogP contribution in [0.2, 0.25) is 0 Å². The number of anilines is 1. The van der Waals surface area contributed by atoms with Gasteiger partial charge in [-0.2, -0.15) is 0 Å². The van der Waals surface area contributed by atoms with Gasteiger partial charge in [0, 0.05) is 12.2 Å². The third kappa shape index (κ3) is 2.36. The maximum Gasteiger partial charge on any atom is 0.0316 e. The zero-order valence-electron chi connectivity index (χ0n) is 7.49. The molecule has 1 atom stereocenters. The zero-order chi connectivity index (χ0) is 8.39. The van der Waals surface area contributed by atoms with Crippen LogP contribution in [0.15, 0.2) is 24.3 Å². The van der Waals surface area contributed by atoms with Crippen LogP contribution in [-0.4, -0.2) is 13.1 Å². The molecule has 0 aliphatic carbocycles. The van der Waals surface area contributed by atoms with Gasteiger partial charge in [0.25, 0.3) is 0 Å². The first-order valence-electron chi connectivity index (χ1n) is 4.42. The summed E-state index contributed by atoms with van der Waals surface area (Å²) < 4.78 is 0. The van der Waals surface area contributed by atoms with Gasteiger partial charge in [0.1, 0.15) is 0 Å². The summed E-state index contributed by atoms with van der Waals surface area (Å²) in [6.07, 6.45) is 1.24. The smallest absolute Gasteiger partial charge is 0.0316 e. The second-order valence-electron chi connectivity index (χ2n) is 3.36. The van der Waals surface area contributed by atoms with Crippen molar-refractivity contribution in [3.05, 3.63) is 29.8 Å². The van der Waals surface area contributed by atoms with E-state index in [2.05, 4.69) is 17.4 Å². The highest BCUT2D eigenvalue weighted by molar-refractivity contribution is 5.85. The first kappa shape index (κ1) is 10.4. The summed E-state index contributed by atoms with van der Waals surface area (Å²) in [5, 5.41) is 3.35. The minimum atomic E-state index is 0. The number of halogens is 1. The summed E-state index contributed by atoms with van der Waals surface area (Å²) in [6, 6.07) is 8.21. The first-order valence-corrected chi connectivity index (χ1v) is 4.42. The van der Waals surface area contributed by atoms with Crippen molar-refractivity contribution in [3.63, 3.8) is 0 Å². The van der Waals surface area contributed by atoms with Crippen LogP contribution in [0.5, 0.6) is 0 Å². The van der Waals surface area contributed by atoms with Crippen molar-refractivity contribution < 1.29 is 0 Å². The molecule has 1 heterocycles. The van der Waals surface area contributed by atoms with Gasteiger partial charge in [0.05, 0.1) is 0 Å². The maximum absolute atomic E-state index is 5.71. The monoisotopic (exact) mass is 198 g/mol. The van der Waals surface area contributed by atoms with Crippen LogP contribution in [-0.2, 0) is 0 Å². The summed E-state index contributed by atoms with van der Waals surface area (Å²) in [5.74, 6) is 0.675. The largest absolute Gasteiger partial charge is 0.399 e. The van der Waals surface area contributed by atoms with Crippen molar-refractivity contribution in [1.82, 2.24) is 5.32 Å². The molecule has 2 nitrogen and oxygen atoms in total. The maximum atomic E-state index is 5.71. The van der Waals surface area contributed by atoms with Gasteiger partial charge in [0.2, 0.25) is 0 Å². The minimum Gasteiger partial charge on any atom is -0.399 e. The average molecular weight is 199 g/mol. The molecule has 0 radical (unpaired) electrons. The molecule has 1 unspecified atom stereocenters. The second-order valence-corrected chi connectivity index (χ2v) is 3.36. The molecule has 0 bridgehead atoms.